The highest BCUT2D eigenvalue weighted by molar-refractivity contribution is 7.98. The van der Waals surface area contributed by atoms with Crippen LogP contribution in [0.15, 0.2) is 52.3 Å². The van der Waals surface area contributed by atoms with Crippen molar-refractivity contribution in [3.8, 4) is 11.5 Å². The quantitative estimate of drug-likeness (QED) is 0.674. The number of rotatable bonds is 8. The molecule has 2 aromatic carbocycles. The fraction of sp³-hybridized carbons (Fsp3) is 0.278. The highest BCUT2D eigenvalue weighted by Gasteiger charge is 2.24. The van der Waals surface area contributed by atoms with E-state index >= 15 is 0 Å². The number of nitrogens with one attached hydrogen (secondary N) is 1. The highest BCUT2D eigenvalue weighted by Crippen LogP contribution is 2.30. The number of nitrogens with zero attached hydrogens (tertiary/aromatic N) is 1. The molecule has 0 heterocycles. The Hall–Kier alpha value is -2.23. The second-order valence-electron chi connectivity index (χ2n) is 5.56. The molecule has 0 aliphatic carbocycles. The molecule has 0 unspecified atom stereocenters. The molecule has 146 valence electrons. The summed E-state index contributed by atoms with van der Waals surface area (Å²) in [7, 11) is 0.379. The number of anilines is 1. The topological polar surface area (TPSA) is 84.9 Å². The molecule has 0 bridgehead atoms. The van der Waals surface area contributed by atoms with E-state index in [1.54, 1.807) is 17.8 Å². The predicted octanol–water partition coefficient (Wildman–Crippen LogP) is 2.68. The van der Waals surface area contributed by atoms with Crippen molar-refractivity contribution in [2.45, 2.75) is 9.79 Å². The molecular weight excluding hydrogens is 388 g/mol. The second-order valence-corrected chi connectivity index (χ2v) is 8.48. The molecule has 7 nitrogen and oxygen atoms in total. The second kappa shape index (κ2) is 9.12. The van der Waals surface area contributed by atoms with Crippen LogP contribution in [0.3, 0.4) is 0 Å². The van der Waals surface area contributed by atoms with Gasteiger partial charge < -0.3 is 14.8 Å². The molecule has 0 fully saturated rings. The third kappa shape index (κ3) is 5.15. The summed E-state index contributed by atoms with van der Waals surface area (Å²) in [6.07, 6.45) is 1.93. The monoisotopic (exact) mass is 410 g/mol. The van der Waals surface area contributed by atoms with Gasteiger partial charge in [-0.1, -0.05) is 6.07 Å². The number of carbonyl (C=O) groups excluding carboxylic acids is 1. The van der Waals surface area contributed by atoms with Gasteiger partial charge in [-0.2, -0.15) is 4.31 Å². The van der Waals surface area contributed by atoms with E-state index in [1.807, 2.05) is 24.5 Å². The number of amides is 1. The van der Waals surface area contributed by atoms with Crippen LogP contribution in [0.25, 0.3) is 0 Å². The normalized spacial score (nSPS) is 11.3. The van der Waals surface area contributed by atoms with E-state index in [9.17, 15) is 13.2 Å². The number of methoxy groups -OCH3 is 2. The Bertz CT molecular complexity index is 916. The highest BCUT2D eigenvalue weighted by atomic mass is 32.2. The number of likely N-dealkylation sites (N-methyl/N-ethyl adjacent to an activating group) is 1. The van der Waals surface area contributed by atoms with Crippen molar-refractivity contribution in [2.24, 2.45) is 0 Å². The van der Waals surface area contributed by atoms with Crippen LogP contribution in [0, 0.1) is 0 Å². The average Bonchev–Trinajstić information content (AvgIpc) is 2.67. The van der Waals surface area contributed by atoms with Crippen LogP contribution in [-0.2, 0) is 14.8 Å². The van der Waals surface area contributed by atoms with Crippen molar-refractivity contribution in [3.05, 3.63) is 42.5 Å². The van der Waals surface area contributed by atoms with Gasteiger partial charge in [0.15, 0.2) is 11.5 Å². The summed E-state index contributed by atoms with van der Waals surface area (Å²) in [5.74, 6) is 0.288. The van der Waals surface area contributed by atoms with Crippen LogP contribution in [0.2, 0.25) is 0 Å². The van der Waals surface area contributed by atoms with Gasteiger partial charge in [0.05, 0.1) is 25.7 Å². The Labute approximate surface area is 163 Å². The third-order valence-electron chi connectivity index (χ3n) is 3.78. The lowest BCUT2D eigenvalue weighted by Gasteiger charge is -2.18. The number of benzene rings is 2. The number of sulfonamides is 1. The van der Waals surface area contributed by atoms with Gasteiger partial charge in [-0.05, 0) is 36.6 Å². The molecule has 0 aliphatic rings. The van der Waals surface area contributed by atoms with Crippen LogP contribution < -0.4 is 14.8 Å². The molecule has 0 saturated heterocycles. The first-order valence-electron chi connectivity index (χ1n) is 7.94. The van der Waals surface area contributed by atoms with Crippen LogP contribution in [-0.4, -0.2) is 52.7 Å². The molecular formula is C18H22N2O5S2. The predicted molar refractivity (Wildman–Crippen MR) is 106 cm³/mol. The fourth-order valence-corrected chi connectivity index (χ4v) is 3.95. The van der Waals surface area contributed by atoms with Gasteiger partial charge in [0, 0.05) is 23.7 Å². The summed E-state index contributed by atoms with van der Waals surface area (Å²) in [5, 5.41) is 2.71. The lowest BCUT2D eigenvalue weighted by Crippen LogP contribution is -2.35. The van der Waals surface area contributed by atoms with E-state index in [0.717, 1.165) is 9.20 Å². The van der Waals surface area contributed by atoms with Crippen molar-refractivity contribution >= 4 is 33.4 Å². The minimum absolute atomic E-state index is 0.0137. The zero-order valence-electron chi connectivity index (χ0n) is 15.6. The summed E-state index contributed by atoms with van der Waals surface area (Å²) < 4.78 is 36.7. The van der Waals surface area contributed by atoms with E-state index in [2.05, 4.69) is 5.32 Å². The van der Waals surface area contributed by atoms with Crippen molar-refractivity contribution in [1.29, 1.82) is 0 Å². The van der Waals surface area contributed by atoms with Gasteiger partial charge >= 0.3 is 0 Å². The minimum atomic E-state index is -3.86. The molecule has 0 atom stereocenters. The Balaban J connectivity index is 2.13. The Morgan fingerprint density at radius 2 is 1.81 bits per heavy atom. The maximum Gasteiger partial charge on any atom is 0.243 e. The van der Waals surface area contributed by atoms with Crippen molar-refractivity contribution in [1.82, 2.24) is 4.31 Å². The Morgan fingerprint density at radius 1 is 1.11 bits per heavy atom. The largest absolute Gasteiger partial charge is 0.493 e. The summed E-state index contributed by atoms with van der Waals surface area (Å²) in [6, 6.07) is 11.6. The maximum atomic E-state index is 12.7. The van der Waals surface area contributed by atoms with Crippen molar-refractivity contribution < 1.29 is 22.7 Å². The van der Waals surface area contributed by atoms with Gasteiger partial charge in [0.25, 0.3) is 0 Å². The molecule has 9 heteroatoms. The van der Waals surface area contributed by atoms with E-state index in [1.165, 1.54) is 39.5 Å². The number of hydrogen-bond acceptors (Lipinski definition) is 6. The molecule has 0 aromatic heterocycles. The molecule has 2 rings (SSSR count). The van der Waals surface area contributed by atoms with Crippen molar-refractivity contribution in [3.63, 3.8) is 0 Å². The standard InChI is InChI=1S/C18H22N2O5S2/c1-20(12-18(21)19-13-6-5-7-14(10-13)26-4)27(22,23)15-8-9-16(24-2)17(11-15)25-3/h5-11H,12H2,1-4H3,(H,19,21). The van der Waals surface area contributed by atoms with E-state index in [0.29, 0.717) is 17.2 Å². The zero-order valence-corrected chi connectivity index (χ0v) is 17.2. The first-order valence-corrected chi connectivity index (χ1v) is 10.6. The van der Waals surface area contributed by atoms with Crippen molar-refractivity contribution in [2.75, 3.05) is 39.4 Å². The Morgan fingerprint density at radius 3 is 2.44 bits per heavy atom. The smallest absolute Gasteiger partial charge is 0.243 e. The summed E-state index contributed by atoms with van der Waals surface area (Å²) in [5.41, 5.74) is 0.615. The summed E-state index contributed by atoms with van der Waals surface area (Å²) in [6.45, 7) is -0.319. The molecule has 2 aromatic rings. The molecule has 1 amide bonds. The number of ether oxygens (including phenoxy) is 2. The molecule has 1 N–H and O–H groups in total. The molecule has 27 heavy (non-hydrogen) atoms. The summed E-state index contributed by atoms with van der Waals surface area (Å²) >= 11 is 1.55. The van der Waals surface area contributed by atoms with Gasteiger partial charge in [-0.25, -0.2) is 8.42 Å². The first-order chi connectivity index (χ1) is 12.8. The van der Waals surface area contributed by atoms with Gasteiger partial charge in [-0.15, -0.1) is 11.8 Å². The maximum absolute atomic E-state index is 12.7. The number of carbonyl (C=O) groups is 1. The third-order valence-corrected chi connectivity index (χ3v) is 6.31. The van der Waals surface area contributed by atoms with E-state index in [4.69, 9.17) is 9.47 Å². The molecule has 0 spiro atoms. The first kappa shape index (κ1) is 21.1. The fourth-order valence-electron chi connectivity index (χ4n) is 2.35. The summed E-state index contributed by atoms with van der Waals surface area (Å²) in [4.78, 5) is 13.3. The minimum Gasteiger partial charge on any atom is -0.493 e. The lowest BCUT2D eigenvalue weighted by atomic mass is 10.3. The van der Waals surface area contributed by atoms with Gasteiger partial charge in [0.1, 0.15) is 0 Å². The van der Waals surface area contributed by atoms with Crippen LogP contribution >= 0.6 is 11.8 Å². The molecule has 0 radical (unpaired) electrons. The van der Waals surface area contributed by atoms with E-state index < -0.39 is 15.9 Å². The zero-order chi connectivity index (χ0) is 20.0. The molecule has 0 aliphatic heterocycles. The van der Waals surface area contributed by atoms with E-state index in [-0.39, 0.29) is 11.4 Å². The van der Waals surface area contributed by atoms with Crippen LogP contribution in [0.1, 0.15) is 0 Å². The average molecular weight is 411 g/mol. The van der Waals surface area contributed by atoms with Gasteiger partial charge in [-0.3, -0.25) is 4.79 Å². The van der Waals surface area contributed by atoms with Gasteiger partial charge in [0.2, 0.25) is 15.9 Å². The SMILES string of the molecule is COc1ccc(S(=O)(=O)N(C)CC(=O)Nc2cccc(SC)c2)cc1OC. The molecule has 0 saturated carbocycles. The number of thioether (sulfide) groups is 1. The van der Waals surface area contributed by atoms with Crippen LogP contribution in [0.5, 0.6) is 11.5 Å². The number of hydrogen-bond donors (Lipinski definition) is 1. The van der Waals surface area contributed by atoms with Crippen LogP contribution in [0.4, 0.5) is 5.69 Å². The Kier molecular flexibility index (Phi) is 7.11. The lowest BCUT2D eigenvalue weighted by molar-refractivity contribution is -0.116.